The van der Waals surface area contributed by atoms with E-state index in [1.165, 1.54) is 4.88 Å². The minimum Gasteiger partial charge on any atom is -0.325 e. The van der Waals surface area contributed by atoms with Crippen LogP contribution in [0.5, 0.6) is 0 Å². The summed E-state index contributed by atoms with van der Waals surface area (Å²) in [6, 6.07) is 11.6. The molecule has 128 valence electrons. The van der Waals surface area contributed by atoms with Crippen molar-refractivity contribution in [2.24, 2.45) is 0 Å². The SMILES string of the molecule is O=C(CN1CCN(CCc2cccs2)CC1)Nc1cccc(Cl)c1. The fourth-order valence-electron chi connectivity index (χ4n) is 2.86. The Labute approximate surface area is 152 Å². The molecule has 0 atom stereocenters. The van der Waals surface area contributed by atoms with Crippen molar-refractivity contribution in [3.05, 3.63) is 51.7 Å². The number of rotatable bonds is 6. The highest BCUT2D eigenvalue weighted by Crippen LogP contribution is 2.15. The van der Waals surface area contributed by atoms with Gasteiger partial charge in [-0.3, -0.25) is 9.69 Å². The van der Waals surface area contributed by atoms with E-state index in [1.807, 2.05) is 23.5 Å². The first-order chi connectivity index (χ1) is 11.7. The van der Waals surface area contributed by atoms with Gasteiger partial charge in [-0.15, -0.1) is 11.3 Å². The number of thiophene rings is 1. The number of hydrogen-bond acceptors (Lipinski definition) is 4. The maximum Gasteiger partial charge on any atom is 0.238 e. The van der Waals surface area contributed by atoms with E-state index in [1.54, 1.807) is 12.1 Å². The molecule has 0 unspecified atom stereocenters. The van der Waals surface area contributed by atoms with Crippen LogP contribution in [0.3, 0.4) is 0 Å². The molecule has 0 bridgehead atoms. The monoisotopic (exact) mass is 363 g/mol. The smallest absolute Gasteiger partial charge is 0.238 e. The molecule has 24 heavy (non-hydrogen) atoms. The van der Waals surface area contributed by atoms with E-state index < -0.39 is 0 Å². The van der Waals surface area contributed by atoms with Crippen molar-refractivity contribution < 1.29 is 4.79 Å². The number of benzene rings is 1. The van der Waals surface area contributed by atoms with Gasteiger partial charge in [0.2, 0.25) is 5.91 Å². The Morgan fingerprint density at radius 1 is 1.12 bits per heavy atom. The van der Waals surface area contributed by atoms with Crippen LogP contribution >= 0.6 is 22.9 Å². The fourth-order valence-corrected chi connectivity index (χ4v) is 3.75. The molecule has 0 saturated carbocycles. The van der Waals surface area contributed by atoms with Crippen LogP contribution in [0.1, 0.15) is 4.88 Å². The summed E-state index contributed by atoms with van der Waals surface area (Å²) in [5, 5.41) is 5.67. The Bertz CT molecular complexity index is 654. The Morgan fingerprint density at radius 3 is 2.62 bits per heavy atom. The average Bonchev–Trinajstić information content (AvgIpc) is 3.07. The highest BCUT2D eigenvalue weighted by molar-refractivity contribution is 7.09. The van der Waals surface area contributed by atoms with Crippen molar-refractivity contribution in [1.29, 1.82) is 0 Å². The lowest BCUT2D eigenvalue weighted by Gasteiger charge is -2.34. The van der Waals surface area contributed by atoms with Gasteiger partial charge in [-0.25, -0.2) is 0 Å². The van der Waals surface area contributed by atoms with E-state index in [-0.39, 0.29) is 5.91 Å². The number of amides is 1. The summed E-state index contributed by atoms with van der Waals surface area (Å²) in [4.78, 5) is 18.3. The number of carbonyl (C=O) groups is 1. The van der Waals surface area contributed by atoms with E-state index in [0.29, 0.717) is 11.6 Å². The predicted octanol–water partition coefficient (Wildman–Crippen LogP) is 3.20. The van der Waals surface area contributed by atoms with Gasteiger partial charge >= 0.3 is 0 Å². The number of piperazine rings is 1. The van der Waals surface area contributed by atoms with Crippen molar-refractivity contribution in [2.45, 2.75) is 6.42 Å². The molecule has 4 nitrogen and oxygen atoms in total. The summed E-state index contributed by atoms with van der Waals surface area (Å²) < 4.78 is 0. The van der Waals surface area contributed by atoms with Crippen molar-refractivity contribution >= 4 is 34.5 Å². The number of carbonyl (C=O) groups excluding carboxylic acids is 1. The zero-order valence-electron chi connectivity index (χ0n) is 13.6. The van der Waals surface area contributed by atoms with Gasteiger partial charge < -0.3 is 10.2 Å². The van der Waals surface area contributed by atoms with Crippen molar-refractivity contribution in [2.75, 3.05) is 44.6 Å². The van der Waals surface area contributed by atoms with E-state index >= 15 is 0 Å². The molecule has 1 aliphatic heterocycles. The highest BCUT2D eigenvalue weighted by atomic mass is 35.5. The molecule has 1 aromatic carbocycles. The molecule has 0 radical (unpaired) electrons. The minimum absolute atomic E-state index is 0.0179. The lowest BCUT2D eigenvalue weighted by Crippen LogP contribution is -2.49. The zero-order valence-corrected chi connectivity index (χ0v) is 15.2. The molecule has 1 N–H and O–H groups in total. The van der Waals surface area contributed by atoms with Gasteiger partial charge in [-0.2, -0.15) is 0 Å². The second-order valence-electron chi connectivity index (χ2n) is 6.01. The first-order valence-electron chi connectivity index (χ1n) is 8.21. The topological polar surface area (TPSA) is 35.6 Å². The van der Waals surface area contributed by atoms with E-state index in [4.69, 9.17) is 11.6 Å². The number of halogens is 1. The quantitative estimate of drug-likeness (QED) is 0.856. The average molecular weight is 364 g/mol. The minimum atomic E-state index is 0.0179. The standard InChI is InChI=1S/C18H22ClN3OS/c19-15-3-1-4-16(13-15)20-18(23)14-22-10-8-21(9-11-22)7-6-17-5-2-12-24-17/h1-5,12-13H,6-11,14H2,(H,20,23). The maximum atomic E-state index is 12.1. The summed E-state index contributed by atoms with van der Waals surface area (Å²) in [6.07, 6.45) is 1.12. The van der Waals surface area contributed by atoms with Crippen LogP contribution in [0.4, 0.5) is 5.69 Å². The molecule has 1 aromatic heterocycles. The summed E-state index contributed by atoms with van der Waals surface area (Å²) in [5.74, 6) is 0.0179. The van der Waals surface area contributed by atoms with E-state index in [2.05, 4.69) is 32.6 Å². The van der Waals surface area contributed by atoms with Crippen LogP contribution in [0, 0.1) is 0 Å². The van der Waals surface area contributed by atoms with Gasteiger partial charge in [0.25, 0.3) is 0 Å². The van der Waals surface area contributed by atoms with Crippen LogP contribution in [0.25, 0.3) is 0 Å². The molecule has 6 heteroatoms. The van der Waals surface area contributed by atoms with E-state index in [0.717, 1.165) is 44.8 Å². The third-order valence-electron chi connectivity index (χ3n) is 4.20. The molecule has 3 rings (SSSR count). The third kappa shape index (κ3) is 5.31. The Hall–Kier alpha value is -1.40. The van der Waals surface area contributed by atoms with Crippen molar-refractivity contribution in [1.82, 2.24) is 9.80 Å². The normalized spacial score (nSPS) is 16.2. The summed E-state index contributed by atoms with van der Waals surface area (Å²) in [5.41, 5.74) is 0.752. The molecule has 1 saturated heterocycles. The van der Waals surface area contributed by atoms with Crippen molar-refractivity contribution in [3.8, 4) is 0 Å². The second kappa shape index (κ2) is 8.62. The van der Waals surface area contributed by atoms with Crippen LogP contribution in [0.15, 0.2) is 41.8 Å². The molecule has 2 aromatic rings. The molecule has 1 aliphatic rings. The van der Waals surface area contributed by atoms with Gasteiger partial charge in [0.05, 0.1) is 6.54 Å². The first-order valence-corrected chi connectivity index (χ1v) is 9.47. The molecule has 2 heterocycles. The van der Waals surface area contributed by atoms with Crippen LogP contribution in [0.2, 0.25) is 5.02 Å². The molecule has 1 fully saturated rings. The Morgan fingerprint density at radius 2 is 1.92 bits per heavy atom. The van der Waals surface area contributed by atoms with Crippen LogP contribution in [-0.4, -0.2) is 55.0 Å². The zero-order chi connectivity index (χ0) is 16.8. The summed E-state index contributed by atoms with van der Waals surface area (Å²) >= 11 is 7.76. The van der Waals surface area contributed by atoms with Crippen molar-refractivity contribution in [3.63, 3.8) is 0 Å². The number of hydrogen-bond donors (Lipinski definition) is 1. The summed E-state index contributed by atoms with van der Waals surface area (Å²) in [6.45, 7) is 5.46. The largest absolute Gasteiger partial charge is 0.325 e. The fraction of sp³-hybridized carbons (Fsp3) is 0.389. The molecule has 0 spiro atoms. The third-order valence-corrected chi connectivity index (χ3v) is 5.37. The first kappa shape index (κ1) is 17.4. The molecule has 1 amide bonds. The number of nitrogens with one attached hydrogen (secondary N) is 1. The van der Waals surface area contributed by atoms with Gasteiger partial charge in [0, 0.05) is 48.3 Å². The molecular weight excluding hydrogens is 342 g/mol. The maximum absolute atomic E-state index is 12.1. The van der Waals surface area contributed by atoms with E-state index in [9.17, 15) is 4.79 Å². The van der Waals surface area contributed by atoms with Gasteiger partial charge in [0.1, 0.15) is 0 Å². The Kier molecular flexibility index (Phi) is 6.26. The van der Waals surface area contributed by atoms with Crippen LogP contribution < -0.4 is 5.32 Å². The predicted molar refractivity (Wildman–Crippen MR) is 101 cm³/mol. The lowest BCUT2D eigenvalue weighted by molar-refractivity contribution is -0.117. The number of nitrogens with zero attached hydrogens (tertiary/aromatic N) is 2. The molecule has 0 aliphatic carbocycles. The highest BCUT2D eigenvalue weighted by Gasteiger charge is 2.18. The second-order valence-corrected chi connectivity index (χ2v) is 7.47. The molecular formula is C18H22ClN3OS. The van der Waals surface area contributed by atoms with Gasteiger partial charge in [-0.1, -0.05) is 23.7 Å². The van der Waals surface area contributed by atoms with Crippen LogP contribution in [-0.2, 0) is 11.2 Å². The number of anilines is 1. The Balaban J connectivity index is 1.38. The lowest BCUT2D eigenvalue weighted by atomic mass is 10.2. The van der Waals surface area contributed by atoms with Gasteiger partial charge in [0.15, 0.2) is 0 Å². The summed E-state index contributed by atoms with van der Waals surface area (Å²) in [7, 11) is 0. The van der Waals surface area contributed by atoms with Gasteiger partial charge in [-0.05, 0) is 36.1 Å².